The zero-order valence-corrected chi connectivity index (χ0v) is 24.3. The van der Waals surface area contributed by atoms with Crippen LogP contribution in [0.3, 0.4) is 0 Å². The van der Waals surface area contributed by atoms with Gasteiger partial charge < -0.3 is 14.7 Å². The summed E-state index contributed by atoms with van der Waals surface area (Å²) in [4.78, 5) is 50.8. The molecule has 2 aliphatic rings. The third-order valence-corrected chi connectivity index (χ3v) is 9.97. The van der Waals surface area contributed by atoms with Gasteiger partial charge in [0.25, 0.3) is 0 Å². The average Bonchev–Trinajstić information content (AvgIpc) is 3.15. The molecule has 2 aromatic rings. The Morgan fingerprint density at radius 1 is 1.00 bits per heavy atom. The fourth-order valence-electron chi connectivity index (χ4n) is 5.27. The molecule has 2 heterocycles. The van der Waals surface area contributed by atoms with Crippen molar-refractivity contribution in [1.82, 2.24) is 4.90 Å². The second-order valence-electron chi connectivity index (χ2n) is 11.4. The molecule has 0 spiro atoms. The number of hydrogen-bond donors (Lipinski definition) is 2. The first-order chi connectivity index (χ1) is 18.9. The van der Waals surface area contributed by atoms with Crippen molar-refractivity contribution in [2.45, 2.75) is 59.2 Å². The molecule has 2 N–H and O–H groups in total. The van der Waals surface area contributed by atoms with E-state index < -0.39 is 14.3 Å². The first-order valence-corrected chi connectivity index (χ1v) is 15.0. The number of likely N-dealkylation sites (N-methyl/N-ethyl adjacent to an activating group) is 1. The molecule has 1 unspecified atom stereocenters. The average molecular weight is 570 g/mol. The molecule has 10 heteroatoms. The lowest BCUT2D eigenvalue weighted by Gasteiger charge is -2.34. The summed E-state index contributed by atoms with van der Waals surface area (Å²) in [6.45, 7) is 5.44. The van der Waals surface area contributed by atoms with Gasteiger partial charge >= 0.3 is 20.2 Å². The molecule has 0 bridgehead atoms. The van der Waals surface area contributed by atoms with Crippen LogP contribution in [0.4, 0.5) is 0 Å². The van der Waals surface area contributed by atoms with Crippen LogP contribution >= 0.6 is 8.30 Å². The van der Waals surface area contributed by atoms with Crippen molar-refractivity contribution in [1.29, 1.82) is 0 Å². The van der Waals surface area contributed by atoms with Gasteiger partial charge in [0.2, 0.25) is 0 Å². The second-order valence-corrected chi connectivity index (χ2v) is 13.6. The lowest BCUT2D eigenvalue weighted by Crippen LogP contribution is -2.40. The minimum absolute atomic E-state index is 0.00975. The number of aryl methyl sites for hydroxylation is 2. The summed E-state index contributed by atoms with van der Waals surface area (Å²) < 4.78 is 6.04. The number of carbonyl (C=O) groups is 4. The number of benzene rings is 2. The van der Waals surface area contributed by atoms with Gasteiger partial charge in [-0.1, -0.05) is 38.1 Å². The second kappa shape index (κ2) is 12.6. The molecule has 1 saturated heterocycles. The fourth-order valence-corrected chi connectivity index (χ4v) is 7.15. The van der Waals surface area contributed by atoms with Crippen LogP contribution in [0.25, 0.3) is 0 Å². The first-order valence-electron chi connectivity index (χ1n) is 13.6. The maximum atomic E-state index is 13.2. The Labute approximate surface area is 236 Å². The van der Waals surface area contributed by atoms with Crippen LogP contribution in [-0.4, -0.2) is 69.2 Å². The zero-order chi connectivity index (χ0) is 29.0. The number of ketones is 2. The fraction of sp³-hybridized carbons (Fsp3) is 0.467. The molecular weight excluding hydrogens is 531 g/mol. The van der Waals surface area contributed by atoms with Crippen LogP contribution in [0.5, 0.6) is 5.75 Å². The van der Waals surface area contributed by atoms with Gasteiger partial charge in [0.1, 0.15) is 24.2 Å². The van der Waals surface area contributed by atoms with E-state index in [4.69, 9.17) is 9.63 Å². The van der Waals surface area contributed by atoms with Gasteiger partial charge in [-0.05, 0) is 41.7 Å². The SMILES string of the molecule is CC(C)C(=O)CCc1ccc2c(c1)C[N+]1(C)CC(=O)O[P@@]1CC(=O)CN(Cc1cc(CCC(=O)O)ccc1O)C2. The van der Waals surface area contributed by atoms with Crippen molar-refractivity contribution < 1.29 is 38.2 Å². The summed E-state index contributed by atoms with van der Waals surface area (Å²) in [5.74, 6) is -0.911. The number of phenols is 1. The number of carboxylic acids is 1. The van der Waals surface area contributed by atoms with Gasteiger partial charge in [-0.3, -0.25) is 23.5 Å². The van der Waals surface area contributed by atoms with Gasteiger partial charge in [-0.25, -0.2) is 4.79 Å². The number of aliphatic carboxylic acids is 1. The number of rotatable bonds is 9. The van der Waals surface area contributed by atoms with Crippen LogP contribution in [-0.2, 0) is 56.2 Å². The van der Waals surface area contributed by atoms with Crippen LogP contribution in [0, 0.1) is 5.92 Å². The zero-order valence-electron chi connectivity index (χ0n) is 23.4. The van der Waals surface area contributed by atoms with Crippen LogP contribution in [0.1, 0.15) is 54.5 Å². The summed E-state index contributed by atoms with van der Waals surface area (Å²) in [7, 11) is 0.613. The van der Waals surface area contributed by atoms with E-state index in [-0.39, 0.29) is 54.9 Å². The van der Waals surface area contributed by atoms with E-state index in [1.807, 2.05) is 37.9 Å². The number of quaternary nitrogens is 1. The third-order valence-electron chi connectivity index (χ3n) is 7.57. The molecule has 4 rings (SSSR count). The molecule has 0 aromatic heterocycles. The van der Waals surface area contributed by atoms with Crippen molar-refractivity contribution in [3.8, 4) is 5.75 Å². The van der Waals surface area contributed by atoms with Gasteiger partial charge in [0.15, 0.2) is 12.3 Å². The number of carboxylic acid groups (broad SMARTS) is 1. The monoisotopic (exact) mass is 569 g/mol. The summed E-state index contributed by atoms with van der Waals surface area (Å²) in [6.07, 6.45) is 1.60. The molecule has 2 aliphatic heterocycles. The largest absolute Gasteiger partial charge is 0.508 e. The van der Waals surface area contributed by atoms with E-state index in [2.05, 4.69) is 6.07 Å². The Balaban J connectivity index is 1.65. The highest BCUT2D eigenvalue weighted by Crippen LogP contribution is 2.53. The Morgan fingerprint density at radius 3 is 2.42 bits per heavy atom. The van der Waals surface area contributed by atoms with Crippen LogP contribution in [0.2, 0.25) is 0 Å². The smallest absolute Gasteiger partial charge is 0.368 e. The summed E-state index contributed by atoms with van der Waals surface area (Å²) >= 11 is 0. The van der Waals surface area contributed by atoms with Crippen molar-refractivity contribution >= 4 is 31.8 Å². The molecule has 0 saturated carbocycles. The van der Waals surface area contributed by atoms with E-state index in [0.29, 0.717) is 48.7 Å². The predicted molar refractivity (Wildman–Crippen MR) is 150 cm³/mol. The lowest BCUT2D eigenvalue weighted by atomic mass is 9.97. The normalized spacial score (nSPS) is 21.6. The van der Waals surface area contributed by atoms with Crippen molar-refractivity contribution in [3.63, 3.8) is 0 Å². The number of phenolic OH excluding ortho intramolecular Hbond substituents is 1. The maximum Gasteiger partial charge on any atom is 0.368 e. The Morgan fingerprint density at radius 2 is 1.70 bits per heavy atom. The predicted octanol–water partition coefficient (Wildman–Crippen LogP) is 3.97. The van der Waals surface area contributed by atoms with E-state index in [9.17, 15) is 24.3 Å². The minimum Gasteiger partial charge on any atom is -0.508 e. The Hall–Kier alpha value is -3.13. The molecule has 214 valence electrons. The number of aromatic hydroxyl groups is 1. The third kappa shape index (κ3) is 7.53. The molecule has 2 atom stereocenters. The number of hydrogen-bond acceptors (Lipinski definition) is 7. The van der Waals surface area contributed by atoms with Gasteiger partial charge in [-0.2, -0.15) is 0 Å². The number of nitrogens with zero attached hydrogens (tertiary/aromatic N) is 2. The first kappa shape index (κ1) is 29.8. The molecule has 0 radical (unpaired) electrons. The highest BCUT2D eigenvalue weighted by atomic mass is 31.2. The maximum absolute atomic E-state index is 13.2. The molecule has 40 heavy (non-hydrogen) atoms. The van der Waals surface area contributed by atoms with Crippen molar-refractivity contribution in [2.24, 2.45) is 5.92 Å². The van der Waals surface area contributed by atoms with Crippen molar-refractivity contribution in [3.05, 3.63) is 64.2 Å². The van der Waals surface area contributed by atoms with Gasteiger partial charge in [0.05, 0.1) is 13.6 Å². The quantitative estimate of drug-likeness (QED) is 0.436. The number of Topliss-reactive ketones (excluding diaryl/α,β-unsaturated/α-hetero) is 2. The highest BCUT2D eigenvalue weighted by Gasteiger charge is 2.49. The number of carbonyl (C=O) groups excluding carboxylic acids is 3. The molecule has 1 fully saturated rings. The molecule has 2 aromatic carbocycles. The minimum atomic E-state index is -1.36. The van der Waals surface area contributed by atoms with E-state index in [0.717, 1.165) is 22.3 Å². The van der Waals surface area contributed by atoms with E-state index in [1.165, 1.54) is 0 Å². The Kier molecular flexibility index (Phi) is 9.39. The molecule has 9 nitrogen and oxygen atoms in total. The number of fused-ring (bicyclic) bond motifs is 2. The van der Waals surface area contributed by atoms with E-state index >= 15 is 0 Å². The van der Waals surface area contributed by atoms with E-state index in [1.54, 1.807) is 18.2 Å². The highest BCUT2D eigenvalue weighted by molar-refractivity contribution is 7.48. The standard InChI is InChI=1S/C30H37N2O7P/c1-20(2)27(34)9-5-21-4-8-23-14-31(15-24-12-22(6-10-28(24)35)7-11-29(36)37)16-26(33)19-40-32(3,17-25(23)13-21)18-30(38)39-40/h4,6,8,10,12-13,20H,5,7,9,11,14-19H2,1-3H3,(H-,35,36,37)/p+1/t32?,40-/m0/s1. The van der Waals surface area contributed by atoms with Gasteiger partial charge in [-0.15, -0.1) is 0 Å². The van der Waals surface area contributed by atoms with Crippen molar-refractivity contribution in [2.75, 3.05) is 26.3 Å². The topological polar surface area (TPSA) is 121 Å². The summed E-state index contributed by atoms with van der Waals surface area (Å²) in [6, 6.07) is 11.3. The van der Waals surface area contributed by atoms with Crippen LogP contribution in [0.15, 0.2) is 36.4 Å². The molecular formula is C30H38N2O7P+. The summed E-state index contributed by atoms with van der Waals surface area (Å²) in [5, 5.41) is 19.6. The molecule has 0 amide bonds. The lowest BCUT2D eigenvalue weighted by molar-refractivity contribution is -0.789. The Bertz CT molecular complexity index is 1310. The van der Waals surface area contributed by atoms with Crippen LogP contribution < -0.4 is 0 Å². The summed E-state index contributed by atoms with van der Waals surface area (Å²) in [5.41, 5.74) is 4.55. The molecule has 0 aliphatic carbocycles. The van der Waals surface area contributed by atoms with Gasteiger partial charge in [0, 0.05) is 43.0 Å².